The van der Waals surface area contributed by atoms with E-state index in [0.717, 1.165) is 12.8 Å². The zero-order chi connectivity index (χ0) is 13.5. The number of unbranched alkanes of at least 4 members (excludes halogenated alkanes) is 3. The number of halogens is 4. The smallest absolute Gasteiger partial charge is 0.185 e. The van der Waals surface area contributed by atoms with Gasteiger partial charge in [0.1, 0.15) is 5.69 Å². The summed E-state index contributed by atoms with van der Waals surface area (Å²) in [5, 5.41) is 10.9. The normalized spacial score (nSPS) is 10.7. The van der Waals surface area contributed by atoms with Crippen LogP contribution in [0, 0.1) is 23.3 Å². The van der Waals surface area contributed by atoms with Gasteiger partial charge in [0.25, 0.3) is 0 Å². The minimum absolute atomic E-state index is 0.103. The van der Waals surface area contributed by atoms with Crippen LogP contribution in [0.2, 0.25) is 0 Å². The maximum atomic E-state index is 13.2. The number of nitrogens with one attached hydrogen (secondary N) is 1. The van der Waals surface area contributed by atoms with Crippen LogP contribution >= 0.6 is 0 Å². The molecule has 2 N–H and O–H groups in total. The Morgan fingerprint density at radius 1 is 0.889 bits per heavy atom. The summed E-state index contributed by atoms with van der Waals surface area (Å²) in [5.41, 5.74) is -0.769. The van der Waals surface area contributed by atoms with Crippen LogP contribution < -0.4 is 5.32 Å². The van der Waals surface area contributed by atoms with Gasteiger partial charge in [-0.2, -0.15) is 0 Å². The van der Waals surface area contributed by atoms with Crippen LogP contribution in [0.5, 0.6) is 0 Å². The van der Waals surface area contributed by atoms with Gasteiger partial charge in [-0.3, -0.25) is 0 Å². The van der Waals surface area contributed by atoms with Crippen molar-refractivity contribution in [3.8, 4) is 0 Å². The lowest BCUT2D eigenvalue weighted by Gasteiger charge is -2.09. The highest BCUT2D eigenvalue weighted by molar-refractivity contribution is 5.47. The van der Waals surface area contributed by atoms with E-state index in [4.69, 9.17) is 5.11 Å². The molecule has 0 bridgehead atoms. The molecule has 1 aromatic carbocycles. The van der Waals surface area contributed by atoms with Gasteiger partial charge in [-0.05, 0) is 12.8 Å². The maximum absolute atomic E-state index is 13.2. The zero-order valence-electron chi connectivity index (χ0n) is 9.78. The Morgan fingerprint density at radius 2 is 1.44 bits per heavy atom. The molecule has 102 valence electrons. The molecule has 0 aliphatic heterocycles. The fourth-order valence-corrected chi connectivity index (χ4v) is 1.53. The molecular weight excluding hydrogens is 250 g/mol. The molecule has 0 fully saturated rings. The Balaban J connectivity index is 2.52. The molecule has 0 atom stereocenters. The molecule has 0 amide bonds. The largest absolute Gasteiger partial charge is 0.396 e. The van der Waals surface area contributed by atoms with Crippen LogP contribution in [0.4, 0.5) is 23.2 Å². The van der Waals surface area contributed by atoms with Crippen molar-refractivity contribution in [2.45, 2.75) is 25.7 Å². The molecule has 6 heteroatoms. The third-order valence-electron chi connectivity index (χ3n) is 2.50. The fraction of sp³-hybridized carbons (Fsp3) is 0.500. The van der Waals surface area contributed by atoms with Crippen molar-refractivity contribution in [2.75, 3.05) is 18.5 Å². The summed E-state index contributed by atoms with van der Waals surface area (Å²) in [7, 11) is 0. The topological polar surface area (TPSA) is 32.3 Å². The summed E-state index contributed by atoms with van der Waals surface area (Å²) in [6.45, 7) is 0.313. The fourth-order valence-electron chi connectivity index (χ4n) is 1.53. The molecule has 0 aliphatic rings. The van der Waals surface area contributed by atoms with Gasteiger partial charge in [0.05, 0.1) is 0 Å². The molecule has 18 heavy (non-hydrogen) atoms. The lowest BCUT2D eigenvalue weighted by Crippen LogP contribution is -2.08. The molecule has 0 radical (unpaired) electrons. The van der Waals surface area contributed by atoms with E-state index in [0.29, 0.717) is 12.8 Å². The standard InChI is InChI=1S/C12H15F4NO/c13-8-7-9(14)11(16)12(10(8)15)17-5-3-1-2-4-6-18/h7,17-18H,1-6H2. The first-order valence-electron chi connectivity index (χ1n) is 5.75. The summed E-state index contributed by atoms with van der Waals surface area (Å²) in [6, 6.07) is 0.178. The van der Waals surface area contributed by atoms with Gasteiger partial charge in [0, 0.05) is 19.2 Å². The van der Waals surface area contributed by atoms with Crippen LogP contribution in [0.3, 0.4) is 0 Å². The van der Waals surface area contributed by atoms with E-state index in [9.17, 15) is 17.6 Å². The SMILES string of the molecule is OCCCCCCNc1c(F)c(F)cc(F)c1F. The Hall–Kier alpha value is -1.30. The summed E-state index contributed by atoms with van der Waals surface area (Å²) >= 11 is 0. The maximum Gasteiger partial charge on any atom is 0.185 e. The van der Waals surface area contributed by atoms with Crippen LogP contribution in [0.15, 0.2) is 6.07 Å². The molecule has 0 heterocycles. The minimum Gasteiger partial charge on any atom is -0.396 e. The number of hydrogen-bond donors (Lipinski definition) is 2. The summed E-state index contributed by atoms with van der Waals surface area (Å²) in [4.78, 5) is 0. The number of benzene rings is 1. The highest BCUT2D eigenvalue weighted by Crippen LogP contribution is 2.24. The second-order valence-electron chi connectivity index (χ2n) is 3.91. The summed E-state index contributed by atoms with van der Waals surface area (Å²) in [5.74, 6) is -5.66. The van der Waals surface area contributed by atoms with Crippen molar-refractivity contribution in [1.29, 1.82) is 0 Å². The zero-order valence-corrected chi connectivity index (χ0v) is 9.78. The molecule has 0 aromatic heterocycles. The Kier molecular flexibility index (Phi) is 5.91. The molecule has 1 rings (SSSR count). The first-order valence-corrected chi connectivity index (χ1v) is 5.75. The average molecular weight is 265 g/mol. The summed E-state index contributed by atoms with van der Waals surface area (Å²) < 4.78 is 52.1. The second-order valence-corrected chi connectivity index (χ2v) is 3.91. The predicted octanol–water partition coefficient (Wildman–Crippen LogP) is 3.21. The third kappa shape index (κ3) is 3.87. The molecule has 0 unspecified atom stereocenters. The van der Waals surface area contributed by atoms with Gasteiger partial charge >= 0.3 is 0 Å². The van der Waals surface area contributed by atoms with E-state index in [1.807, 2.05) is 0 Å². The third-order valence-corrected chi connectivity index (χ3v) is 2.50. The van der Waals surface area contributed by atoms with E-state index in [2.05, 4.69) is 5.32 Å². The number of aliphatic hydroxyl groups excluding tert-OH is 1. The van der Waals surface area contributed by atoms with Gasteiger partial charge in [-0.25, -0.2) is 17.6 Å². The van der Waals surface area contributed by atoms with Crippen molar-refractivity contribution < 1.29 is 22.7 Å². The van der Waals surface area contributed by atoms with Gasteiger partial charge in [0.2, 0.25) is 0 Å². The lowest BCUT2D eigenvalue weighted by molar-refractivity contribution is 0.283. The number of anilines is 1. The second kappa shape index (κ2) is 7.20. The van der Waals surface area contributed by atoms with Gasteiger partial charge < -0.3 is 10.4 Å². The molecule has 0 aliphatic carbocycles. The highest BCUT2D eigenvalue weighted by Gasteiger charge is 2.18. The molecule has 2 nitrogen and oxygen atoms in total. The molecule has 0 saturated heterocycles. The van der Waals surface area contributed by atoms with Crippen LogP contribution in [0.1, 0.15) is 25.7 Å². The molecule has 0 spiro atoms. The van der Waals surface area contributed by atoms with E-state index < -0.39 is 29.0 Å². The lowest BCUT2D eigenvalue weighted by atomic mass is 10.2. The van der Waals surface area contributed by atoms with E-state index in [1.54, 1.807) is 0 Å². The number of rotatable bonds is 7. The van der Waals surface area contributed by atoms with E-state index in [1.165, 1.54) is 0 Å². The van der Waals surface area contributed by atoms with Gasteiger partial charge in [-0.1, -0.05) is 12.8 Å². The molecule has 0 saturated carbocycles. The molecular formula is C12H15F4NO. The Bertz CT molecular complexity index is 372. The summed E-state index contributed by atoms with van der Waals surface area (Å²) in [6.07, 6.45) is 2.81. The first kappa shape index (κ1) is 14.8. The quantitative estimate of drug-likeness (QED) is 0.451. The Morgan fingerprint density at radius 3 is 2.00 bits per heavy atom. The van der Waals surface area contributed by atoms with Crippen LogP contribution in [-0.4, -0.2) is 18.3 Å². The van der Waals surface area contributed by atoms with E-state index >= 15 is 0 Å². The first-order chi connectivity index (χ1) is 8.57. The highest BCUT2D eigenvalue weighted by atomic mass is 19.2. The average Bonchev–Trinajstić information content (AvgIpc) is 2.35. The van der Waals surface area contributed by atoms with Gasteiger partial charge in [0.15, 0.2) is 23.3 Å². The van der Waals surface area contributed by atoms with Crippen molar-refractivity contribution in [1.82, 2.24) is 0 Å². The number of aliphatic hydroxyl groups is 1. The van der Waals surface area contributed by atoms with Crippen molar-refractivity contribution in [3.05, 3.63) is 29.3 Å². The van der Waals surface area contributed by atoms with Crippen LogP contribution in [-0.2, 0) is 0 Å². The number of hydrogen-bond acceptors (Lipinski definition) is 2. The predicted molar refractivity (Wildman–Crippen MR) is 60.3 cm³/mol. The van der Waals surface area contributed by atoms with E-state index in [-0.39, 0.29) is 19.2 Å². The van der Waals surface area contributed by atoms with Gasteiger partial charge in [-0.15, -0.1) is 0 Å². The van der Waals surface area contributed by atoms with Crippen molar-refractivity contribution in [3.63, 3.8) is 0 Å². The molecule has 1 aromatic rings. The van der Waals surface area contributed by atoms with Crippen LogP contribution in [0.25, 0.3) is 0 Å². The van der Waals surface area contributed by atoms with Crippen molar-refractivity contribution >= 4 is 5.69 Å². The monoisotopic (exact) mass is 265 g/mol. The minimum atomic E-state index is -1.42. The Labute approximate surface area is 103 Å². The van der Waals surface area contributed by atoms with Crippen molar-refractivity contribution in [2.24, 2.45) is 0 Å².